The van der Waals surface area contributed by atoms with E-state index in [-0.39, 0.29) is 12.5 Å². The molecule has 0 saturated carbocycles. The largest absolute Gasteiger partial charge is 0.367 e. The number of nitrogens with zero attached hydrogens (tertiary/aromatic N) is 1. The number of rotatable bonds is 5. The van der Waals surface area contributed by atoms with E-state index < -0.39 is 0 Å². The van der Waals surface area contributed by atoms with E-state index in [0.717, 1.165) is 5.56 Å². The van der Waals surface area contributed by atoms with Gasteiger partial charge in [0, 0.05) is 26.5 Å². The minimum atomic E-state index is -0.148. The molecule has 0 unspecified atom stereocenters. The Bertz CT molecular complexity index is 270. The van der Waals surface area contributed by atoms with E-state index in [1.165, 1.54) is 0 Å². The van der Waals surface area contributed by atoms with Crippen LogP contribution in [0.1, 0.15) is 5.56 Å². The van der Waals surface area contributed by atoms with E-state index >= 15 is 0 Å². The summed E-state index contributed by atoms with van der Waals surface area (Å²) < 4.78 is 5.18. The van der Waals surface area contributed by atoms with Crippen molar-refractivity contribution in [1.29, 1.82) is 0 Å². The number of hydrogen-bond donors (Lipinski definition) is 2. The molecule has 0 radical (unpaired) electrons. The molecule has 0 aliphatic rings. The van der Waals surface area contributed by atoms with Crippen molar-refractivity contribution < 1.29 is 9.53 Å². The first kappa shape index (κ1) is 10.7. The Kier molecular flexibility index (Phi) is 4.15. The number of H-pyrrole nitrogens is 1. The van der Waals surface area contributed by atoms with E-state index in [0.29, 0.717) is 6.61 Å². The molecule has 14 heavy (non-hydrogen) atoms. The van der Waals surface area contributed by atoms with Crippen molar-refractivity contribution in [2.24, 2.45) is 0 Å². The Morgan fingerprint density at radius 1 is 1.64 bits per heavy atom. The van der Waals surface area contributed by atoms with Gasteiger partial charge in [-0.3, -0.25) is 10.2 Å². The van der Waals surface area contributed by atoms with Gasteiger partial charge in [0.05, 0.1) is 6.61 Å². The van der Waals surface area contributed by atoms with Gasteiger partial charge >= 0.3 is 0 Å². The van der Waals surface area contributed by atoms with Crippen molar-refractivity contribution in [1.82, 2.24) is 15.4 Å². The number of aromatic nitrogens is 1. The molecule has 0 atom stereocenters. The van der Waals surface area contributed by atoms with Crippen molar-refractivity contribution in [2.75, 3.05) is 20.7 Å². The smallest absolute Gasteiger partial charge is 0.260 e. The molecule has 0 aromatic carbocycles. The first-order chi connectivity index (χ1) is 6.68. The molecular weight excluding hydrogens is 182 g/mol. The van der Waals surface area contributed by atoms with Crippen LogP contribution < -0.4 is 5.43 Å². The molecular formula is C9H15N3O2. The Morgan fingerprint density at radius 2 is 2.43 bits per heavy atom. The number of amides is 1. The van der Waals surface area contributed by atoms with E-state index in [2.05, 4.69) is 10.4 Å². The minimum absolute atomic E-state index is 0.0728. The maximum Gasteiger partial charge on any atom is 0.260 e. The fraction of sp³-hybridized carbons (Fsp3) is 0.444. The second kappa shape index (κ2) is 5.41. The average molecular weight is 197 g/mol. The summed E-state index contributed by atoms with van der Waals surface area (Å²) in [5, 5.41) is 1.59. The number of nitrogens with one attached hydrogen (secondary N) is 2. The van der Waals surface area contributed by atoms with Gasteiger partial charge in [-0.2, -0.15) is 0 Å². The van der Waals surface area contributed by atoms with E-state index in [1.807, 2.05) is 18.5 Å². The molecule has 1 heterocycles. The van der Waals surface area contributed by atoms with Crippen molar-refractivity contribution in [3.8, 4) is 0 Å². The van der Waals surface area contributed by atoms with Crippen LogP contribution in [0.2, 0.25) is 0 Å². The van der Waals surface area contributed by atoms with Gasteiger partial charge in [0.1, 0.15) is 6.61 Å². The Balaban J connectivity index is 2.12. The summed E-state index contributed by atoms with van der Waals surface area (Å²) in [5.74, 6) is -0.148. The second-order valence-electron chi connectivity index (χ2n) is 3.14. The second-order valence-corrected chi connectivity index (χ2v) is 3.14. The van der Waals surface area contributed by atoms with Gasteiger partial charge in [0.2, 0.25) is 0 Å². The maximum absolute atomic E-state index is 11.1. The maximum atomic E-state index is 11.1. The molecule has 2 N–H and O–H groups in total. The predicted molar refractivity (Wildman–Crippen MR) is 52.3 cm³/mol. The Morgan fingerprint density at radius 3 is 3.00 bits per heavy atom. The van der Waals surface area contributed by atoms with Crippen LogP contribution in [0.4, 0.5) is 0 Å². The molecule has 0 saturated heterocycles. The summed E-state index contributed by atoms with van der Waals surface area (Å²) in [6.45, 7) is 0.522. The summed E-state index contributed by atoms with van der Waals surface area (Å²) in [4.78, 5) is 14.0. The third-order valence-corrected chi connectivity index (χ3v) is 1.51. The zero-order valence-electron chi connectivity index (χ0n) is 8.41. The zero-order chi connectivity index (χ0) is 10.4. The highest BCUT2D eigenvalue weighted by Gasteiger charge is 2.01. The quantitative estimate of drug-likeness (QED) is 0.659. The van der Waals surface area contributed by atoms with Gasteiger partial charge in [-0.25, -0.2) is 5.01 Å². The summed E-state index contributed by atoms with van der Waals surface area (Å²) in [6, 6.07) is 1.91. The summed E-state index contributed by atoms with van der Waals surface area (Å²) in [6.07, 6.45) is 3.66. The SMILES string of the molecule is CN(C)NC(=O)COCc1cc[nH]c1. The van der Waals surface area contributed by atoms with Crippen LogP contribution in [0.3, 0.4) is 0 Å². The van der Waals surface area contributed by atoms with Crippen LogP contribution in [0.25, 0.3) is 0 Å². The lowest BCUT2D eigenvalue weighted by atomic mass is 10.4. The van der Waals surface area contributed by atoms with Gasteiger partial charge in [-0.15, -0.1) is 0 Å². The van der Waals surface area contributed by atoms with Crippen LogP contribution in [-0.4, -0.2) is 36.6 Å². The number of hydrazine groups is 1. The Hall–Kier alpha value is -1.33. The van der Waals surface area contributed by atoms with Crippen molar-refractivity contribution >= 4 is 5.91 Å². The third-order valence-electron chi connectivity index (χ3n) is 1.51. The molecule has 0 aliphatic carbocycles. The molecule has 0 aliphatic heterocycles. The van der Waals surface area contributed by atoms with Crippen LogP contribution in [0.15, 0.2) is 18.5 Å². The highest BCUT2D eigenvalue weighted by molar-refractivity contribution is 5.76. The van der Waals surface area contributed by atoms with Crippen molar-refractivity contribution in [2.45, 2.75) is 6.61 Å². The molecule has 1 aromatic heterocycles. The number of hydrogen-bond acceptors (Lipinski definition) is 3. The highest BCUT2D eigenvalue weighted by atomic mass is 16.5. The molecule has 78 valence electrons. The molecule has 1 aromatic rings. The normalized spacial score (nSPS) is 10.5. The standard InChI is InChI=1S/C9H15N3O2/c1-12(2)11-9(13)7-14-6-8-3-4-10-5-8/h3-5,10H,6-7H2,1-2H3,(H,11,13). The van der Waals surface area contributed by atoms with Gasteiger partial charge in [0.25, 0.3) is 5.91 Å². The molecule has 5 heteroatoms. The lowest BCUT2D eigenvalue weighted by molar-refractivity contribution is -0.129. The number of carbonyl (C=O) groups excluding carboxylic acids is 1. The zero-order valence-corrected chi connectivity index (χ0v) is 8.41. The Labute approximate surface area is 83.0 Å². The first-order valence-corrected chi connectivity index (χ1v) is 4.34. The van der Waals surface area contributed by atoms with Crippen LogP contribution in [-0.2, 0) is 16.1 Å². The van der Waals surface area contributed by atoms with Gasteiger partial charge < -0.3 is 9.72 Å². The number of ether oxygens (including phenoxy) is 1. The van der Waals surface area contributed by atoms with Crippen LogP contribution >= 0.6 is 0 Å². The molecule has 1 rings (SSSR count). The first-order valence-electron chi connectivity index (χ1n) is 4.34. The summed E-state index contributed by atoms with van der Waals surface area (Å²) in [7, 11) is 3.51. The molecule has 0 bridgehead atoms. The monoisotopic (exact) mass is 197 g/mol. The number of aromatic amines is 1. The average Bonchev–Trinajstić information content (AvgIpc) is 2.55. The summed E-state index contributed by atoms with van der Waals surface area (Å²) >= 11 is 0. The van der Waals surface area contributed by atoms with Gasteiger partial charge in [-0.05, 0) is 11.6 Å². The molecule has 1 amide bonds. The van der Waals surface area contributed by atoms with Crippen LogP contribution in [0, 0.1) is 0 Å². The summed E-state index contributed by atoms with van der Waals surface area (Å²) in [5.41, 5.74) is 3.61. The van der Waals surface area contributed by atoms with Gasteiger partial charge in [0.15, 0.2) is 0 Å². The molecule has 5 nitrogen and oxygen atoms in total. The lowest BCUT2D eigenvalue weighted by Crippen LogP contribution is -2.38. The fourth-order valence-electron chi connectivity index (χ4n) is 0.991. The van der Waals surface area contributed by atoms with E-state index in [4.69, 9.17) is 4.74 Å². The van der Waals surface area contributed by atoms with E-state index in [9.17, 15) is 4.79 Å². The molecule has 0 fully saturated rings. The van der Waals surface area contributed by atoms with Crippen LogP contribution in [0.5, 0.6) is 0 Å². The third kappa shape index (κ3) is 4.06. The predicted octanol–water partition coefficient (Wildman–Crippen LogP) is 0.124. The number of carbonyl (C=O) groups is 1. The molecule has 0 spiro atoms. The topological polar surface area (TPSA) is 57.4 Å². The lowest BCUT2D eigenvalue weighted by Gasteiger charge is -2.11. The fourth-order valence-corrected chi connectivity index (χ4v) is 0.991. The van der Waals surface area contributed by atoms with Gasteiger partial charge in [-0.1, -0.05) is 0 Å². The highest BCUT2D eigenvalue weighted by Crippen LogP contribution is 1.97. The van der Waals surface area contributed by atoms with E-state index in [1.54, 1.807) is 19.1 Å². The van der Waals surface area contributed by atoms with Crippen molar-refractivity contribution in [3.63, 3.8) is 0 Å². The van der Waals surface area contributed by atoms with Crippen molar-refractivity contribution in [3.05, 3.63) is 24.0 Å². The minimum Gasteiger partial charge on any atom is -0.367 e.